The number of thioether (sulfide) groups is 1. The van der Waals surface area contributed by atoms with Crippen molar-refractivity contribution in [2.75, 3.05) is 32.1 Å². The lowest BCUT2D eigenvalue weighted by molar-refractivity contribution is -0.115. The van der Waals surface area contributed by atoms with Gasteiger partial charge in [0.1, 0.15) is 5.82 Å². The minimum Gasteiger partial charge on any atom is -0.369 e. The van der Waals surface area contributed by atoms with Crippen LogP contribution < -0.4 is 10.2 Å². The van der Waals surface area contributed by atoms with E-state index >= 15 is 0 Å². The second kappa shape index (κ2) is 6.33. The molecular formula is C16H18FN3O2S. The van der Waals surface area contributed by atoms with Crippen molar-refractivity contribution in [1.82, 2.24) is 10.2 Å². The average Bonchev–Trinajstić information content (AvgIpc) is 3.07. The van der Waals surface area contributed by atoms with Crippen molar-refractivity contribution in [3.8, 4) is 0 Å². The van der Waals surface area contributed by atoms with Crippen molar-refractivity contribution in [3.05, 3.63) is 34.5 Å². The second-order valence-electron chi connectivity index (χ2n) is 5.91. The fraction of sp³-hybridized carbons (Fsp3) is 0.375. The fourth-order valence-corrected chi connectivity index (χ4v) is 3.55. The van der Waals surface area contributed by atoms with Crippen LogP contribution in [0.1, 0.15) is 12.0 Å². The molecule has 0 bridgehead atoms. The first-order chi connectivity index (χ1) is 10.9. The van der Waals surface area contributed by atoms with Crippen molar-refractivity contribution in [1.29, 1.82) is 0 Å². The van der Waals surface area contributed by atoms with Crippen LogP contribution in [0, 0.1) is 5.82 Å². The van der Waals surface area contributed by atoms with Crippen LogP contribution in [0.3, 0.4) is 0 Å². The largest absolute Gasteiger partial charge is 0.369 e. The lowest BCUT2D eigenvalue weighted by Gasteiger charge is -2.23. The standard InChI is InChI=1S/C16H18FN3O2S/c1-19(2)12-5-6-20(9-12)13-4-3-11(17)7-10(13)8-14-15(21)18-16(22)23-14/h3-4,7-8,12H,5-6,9H2,1-2H3,(H,18,21,22)/b14-8-/t12-/m0/s1. The molecule has 0 aromatic heterocycles. The topological polar surface area (TPSA) is 52.6 Å². The van der Waals surface area contributed by atoms with Gasteiger partial charge in [-0.05, 0) is 56.6 Å². The number of amides is 2. The van der Waals surface area contributed by atoms with Gasteiger partial charge < -0.3 is 9.80 Å². The zero-order chi connectivity index (χ0) is 16.6. The number of anilines is 1. The highest BCUT2D eigenvalue weighted by Gasteiger charge is 2.28. The lowest BCUT2D eigenvalue weighted by atomic mass is 10.1. The Bertz CT molecular complexity index is 690. The van der Waals surface area contributed by atoms with Gasteiger partial charge in [0.15, 0.2) is 0 Å². The van der Waals surface area contributed by atoms with E-state index < -0.39 is 11.1 Å². The molecule has 2 amide bonds. The first-order valence-electron chi connectivity index (χ1n) is 7.40. The summed E-state index contributed by atoms with van der Waals surface area (Å²) in [5, 5.41) is 1.82. The molecule has 0 radical (unpaired) electrons. The van der Waals surface area contributed by atoms with Gasteiger partial charge in [-0.15, -0.1) is 0 Å². The Morgan fingerprint density at radius 1 is 1.39 bits per heavy atom. The normalized spacial score (nSPS) is 23.2. The van der Waals surface area contributed by atoms with Crippen molar-refractivity contribution in [2.24, 2.45) is 0 Å². The van der Waals surface area contributed by atoms with Crippen LogP contribution in [0.15, 0.2) is 23.1 Å². The first-order valence-corrected chi connectivity index (χ1v) is 8.21. The third-order valence-electron chi connectivity index (χ3n) is 4.15. The number of halogens is 1. The number of carbonyl (C=O) groups is 2. The van der Waals surface area contributed by atoms with Gasteiger partial charge in [0, 0.05) is 30.4 Å². The molecule has 122 valence electrons. The molecule has 2 fully saturated rings. The van der Waals surface area contributed by atoms with Crippen LogP contribution >= 0.6 is 11.8 Å². The summed E-state index contributed by atoms with van der Waals surface area (Å²) in [6.45, 7) is 1.73. The van der Waals surface area contributed by atoms with Crippen LogP contribution in [0.4, 0.5) is 14.9 Å². The second-order valence-corrected chi connectivity index (χ2v) is 6.92. The SMILES string of the molecule is CN(C)[C@H]1CCN(c2ccc(F)cc2/C=C2\SC(=O)NC2=O)C1. The molecule has 0 aliphatic carbocycles. The molecule has 5 nitrogen and oxygen atoms in total. The maximum atomic E-state index is 13.7. The molecular weight excluding hydrogens is 317 g/mol. The van der Waals surface area contributed by atoms with Gasteiger partial charge in [-0.2, -0.15) is 0 Å². The Hall–Kier alpha value is -1.86. The van der Waals surface area contributed by atoms with Crippen molar-refractivity contribution >= 4 is 34.7 Å². The number of benzene rings is 1. The van der Waals surface area contributed by atoms with E-state index in [0.717, 1.165) is 37.0 Å². The lowest BCUT2D eigenvalue weighted by Crippen LogP contribution is -2.31. The van der Waals surface area contributed by atoms with Crippen molar-refractivity contribution in [3.63, 3.8) is 0 Å². The summed E-state index contributed by atoms with van der Waals surface area (Å²) in [5.41, 5.74) is 1.51. The van der Waals surface area contributed by atoms with E-state index in [2.05, 4.69) is 15.1 Å². The summed E-state index contributed by atoms with van der Waals surface area (Å²) < 4.78 is 13.7. The molecule has 7 heteroatoms. The van der Waals surface area contributed by atoms with E-state index in [9.17, 15) is 14.0 Å². The van der Waals surface area contributed by atoms with Crippen LogP contribution in [-0.2, 0) is 4.79 Å². The highest BCUT2D eigenvalue weighted by atomic mass is 32.2. The number of hydrogen-bond acceptors (Lipinski definition) is 5. The average molecular weight is 335 g/mol. The molecule has 3 rings (SSSR count). The van der Waals surface area contributed by atoms with Crippen LogP contribution in [-0.4, -0.2) is 49.3 Å². The fourth-order valence-electron chi connectivity index (χ4n) is 2.87. The minimum atomic E-state index is -0.428. The number of likely N-dealkylation sites (N-methyl/N-ethyl adjacent to an activating group) is 1. The Kier molecular flexibility index (Phi) is 4.41. The van der Waals surface area contributed by atoms with E-state index in [-0.39, 0.29) is 5.82 Å². The van der Waals surface area contributed by atoms with Gasteiger partial charge in [0.25, 0.3) is 11.1 Å². The molecule has 2 aliphatic heterocycles. The molecule has 0 spiro atoms. The summed E-state index contributed by atoms with van der Waals surface area (Å²) in [5.74, 6) is -0.790. The molecule has 1 aromatic carbocycles. The smallest absolute Gasteiger partial charge is 0.290 e. The summed E-state index contributed by atoms with van der Waals surface area (Å²) in [7, 11) is 4.10. The van der Waals surface area contributed by atoms with Crippen molar-refractivity contribution < 1.29 is 14.0 Å². The first kappa shape index (κ1) is 16.0. The zero-order valence-electron chi connectivity index (χ0n) is 13.0. The molecule has 0 saturated carbocycles. The van der Waals surface area contributed by atoms with E-state index in [1.807, 2.05) is 14.1 Å². The third kappa shape index (κ3) is 3.40. The summed E-state index contributed by atoms with van der Waals surface area (Å²) in [4.78, 5) is 27.7. The Labute approximate surface area is 138 Å². The van der Waals surface area contributed by atoms with Crippen LogP contribution in [0.2, 0.25) is 0 Å². The summed E-state index contributed by atoms with van der Waals surface area (Å²) in [6.07, 6.45) is 2.63. The quantitative estimate of drug-likeness (QED) is 0.859. The maximum absolute atomic E-state index is 13.7. The minimum absolute atomic E-state index is 0.296. The Balaban J connectivity index is 1.92. The Morgan fingerprint density at radius 3 is 2.78 bits per heavy atom. The zero-order valence-corrected chi connectivity index (χ0v) is 13.8. The van der Waals surface area contributed by atoms with Gasteiger partial charge in [0.05, 0.1) is 4.91 Å². The summed E-state index contributed by atoms with van der Waals surface area (Å²) >= 11 is 0.843. The van der Waals surface area contributed by atoms with Gasteiger partial charge in [-0.1, -0.05) is 0 Å². The molecule has 0 unspecified atom stereocenters. The molecule has 2 aliphatic rings. The number of rotatable bonds is 3. The van der Waals surface area contributed by atoms with Gasteiger partial charge in [-0.25, -0.2) is 4.39 Å². The van der Waals surface area contributed by atoms with E-state index in [4.69, 9.17) is 0 Å². The van der Waals surface area contributed by atoms with E-state index in [1.54, 1.807) is 12.1 Å². The monoisotopic (exact) mass is 335 g/mol. The molecule has 1 N–H and O–H groups in total. The van der Waals surface area contributed by atoms with Gasteiger partial charge >= 0.3 is 0 Å². The molecule has 1 atom stereocenters. The third-order valence-corrected chi connectivity index (χ3v) is 4.96. The molecule has 2 heterocycles. The summed E-state index contributed by atoms with van der Waals surface area (Å²) in [6, 6.07) is 5.01. The van der Waals surface area contributed by atoms with Crippen molar-refractivity contribution in [2.45, 2.75) is 12.5 Å². The molecule has 23 heavy (non-hydrogen) atoms. The van der Waals surface area contributed by atoms with Crippen LogP contribution in [0.5, 0.6) is 0 Å². The van der Waals surface area contributed by atoms with E-state index in [1.165, 1.54) is 12.1 Å². The molecule has 2 saturated heterocycles. The number of hydrogen-bond donors (Lipinski definition) is 1. The van der Waals surface area contributed by atoms with Gasteiger partial charge in [0.2, 0.25) is 0 Å². The predicted octanol–water partition coefficient (Wildman–Crippen LogP) is 2.29. The van der Waals surface area contributed by atoms with Gasteiger partial charge in [-0.3, -0.25) is 14.9 Å². The molecule has 1 aromatic rings. The predicted molar refractivity (Wildman–Crippen MR) is 89.8 cm³/mol. The number of imide groups is 1. The van der Waals surface area contributed by atoms with Crippen LogP contribution in [0.25, 0.3) is 6.08 Å². The number of nitrogens with one attached hydrogen (secondary N) is 1. The maximum Gasteiger partial charge on any atom is 0.290 e. The number of carbonyl (C=O) groups excluding carboxylic acids is 2. The number of nitrogens with zero attached hydrogens (tertiary/aromatic N) is 2. The van der Waals surface area contributed by atoms with E-state index in [0.29, 0.717) is 16.5 Å². The highest BCUT2D eigenvalue weighted by Crippen LogP contribution is 2.32. The Morgan fingerprint density at radius 2 is 2.17 bits per heavy atom. The highest BCUT2D eigenvalue weighted by molar-refractivity contribution is 8.18.